The third-order valence-corrected chi connectivity index (χ3v) is 4.14. The van der Waals surface area contributed by atoms with Crippen molar-refractivity contribution in [3.05, 3.63) is 96.1 Å². The first-order chi connectivity index (χ1) is 10.4. The van der Waals surface area contributed by atoms with Crippen LogP contribution in [-0.4, -0.2) is 0 Å². The average molecular weight is 268 g/mol. The van der Waals surface area contributed by atoms with Gasteiger partial charge in [0.1, 0.15) is 0 Å². The number of hydrogen-bond donors (Lipinski definition) is 0. The van der Waals surface area contributed by atoms with E-state index in [1.54, 1.807) is 0 Å². The van der Waals surface area contributed by atoms with Crippen molar-refractivity contribution in [2.75, 3.05) is 0 Å². The van der Waals surface area contributed by atoms with Gasteiger partial charge in [-0.15, -0.1) is 0 Å². The van der Waals surface area contributed by atoms with Gasteiger partial charge in [-0.05, 0) is 39.8 Å². The van der Waals surface area contributed by atoms with Crippen molar-refractivity contribution >= 4 is 0 Å². The molecule has 0 spiro atoms. The van der Waals surface area contributed by atoms with E-state index in [1.807, 2.05) is 0 Å². The van der Waals surface area contributed by atoms with Gasteiger partial charge < -0.3 is 0 Å². The van der Waals surface area contributed by atoms with Crippen LogP contribution in [0.15, 0.2) is 84.9 Å². The predicted molar refractivity (Wildman–Crippen MR) is 88.9 cm³/mol. The first kappa shape index (κ1) is 12.2. The molecule has 4 aliphatic carbocycles. The van der Waals surface area contributed by atoms with Crippen molar-refractivity contribution in [1.29, 1.82) is 0 Å². The van der Waals surface area contributed by atoms with Crippen LogP contribution in [0.3, 0.4) is 0 Å². The van der Waals surface area contributed by atoms with Gasteiger partial charge in [0.15, 0.2) is 0 Å². The highest BCUT2D eigenvalue weighted by Gasteiger charge is 2.12. The molecular weight excluding hydrogens is 252 g/mol. The predicted octanol–water partition coefficient (Wildman–Crippen LogP) is 5.49. The molecule has 0 saturated heterocycles. The minimum atomic E-state index is 0.987. The van der Waals surface area contributed by atoms with Gasteiger partial charge in [-0.3, -0.25) is 0 Å². The van der Waals surface area contributed by atoms with Crippen molar-refractivity contribution in [2.24, 2.45) is 0 Å². The first-order valence-corrected chi connectivity index (χ1v) is 7.35. The maximum Gasteiger partial charge on any atom is -0.00135 e. The molecule has 0 aromatic heterocycles. The fourth-order valence-corrected chi connectivity index (χ4v) is 3.07. The van der Waals surface area contributed by atoms with Crippen LogP contribution in [0.2, 0.25) is 0 Å². The third kappa shape index (κ3) is 2.19. The Hall–Kier alpha value is -2.60. The van der Waals surface area contributed by atoms with Crippen LogP contribution in [-0.2, 0) is 6.42 Å². The molecule has 0 fully saturated rings. The molecule has 0 amide bonds. The van der Waals surface area contributed by atoms with E-state index in [1.165, 1.54) is 33.4 Å². The molecule has 0 aliphatic heterocycles. The van der Waals surface area contributed by atoms with Crippen LogP contribution in [0.4, 0.5) is 0 Å². The maximum atomic E-state index is 2.26. The van der Waals surface area contributed by atoms with Gasteiger partial charge >= 0.3 is 0 Å². The van der Waals surface area contributed by atoms with Crippen molar-refractivity contribution in [3.63, 3.8) is 0 Å². The summed E-state index contributed by atoms with van der Waals surface area (Å²) in [5.41, 5.74) is 8.15. The van der Waals surface area contributed by atoms with Crippen LogP contribution in [0, 0.1) is 0 Å². The fourth-order valence-electron chi connectivity index (χ4n) is 3.07. The SMILES string of the molecule is c1ccc2ccc(Cc3ccc4cccccc3-4)c-2cc1. The van der Waals surface area contributed by atoms with Crippen LogP contribution in [0.5, 0.6) is 0 Å². The Bertz CT molecular complexity index is 758. The van der Waals surface area contributed by atoms with E-state index in [9.17, 15) is 0 Å². The second-order valence-electron chi connectivity index (χ2n) is 5.45. The standard InChI is InChI=1S/C21H16/c1-3-7-16-11-13-18(20(16)9-5-1)15-19-14-12-17-8-4-2-6-10-21(17)19/h1-14H,15H2. The maximum absolute atomic E-state index is 2.26. The van der Waals surface area contributed by atoms with Crippen molar-refractivity contribution < 1.29 is 0 Å². The third-order valence-electron chi connectivity index (χ3n) is 4.14. The lowest BCUT2D eigenvalue weighted by Crippen LogP contribution is -1.87. The summed E-state index contributed by atoms with van der Waals surface area (Å²) >= 11 is 0. The highest BCUT2D eigenvalue weighted by Crippen LogP contribution is 2.33. The summed E-state index contributed by atoms with van der Waals surface area (Å²) in [5, 5.41) is 0. The van der Waals surface area contributed by atoms with Crippen molar-refractivity contribution in [3.8, 4) is 22.3 Å². The molecule has 0 aromatic carbocycles. The molecule has 100 valence electrons. The fraction of sp³-hybridized carbons (Fsp3) is 0.0476. The first-order valence-electron chi connectivity index (χ1n) is 7.35. The lowest BCUT2D eigenvalue weighted by atomic mass is 10.0. The largest absolute Gasteiger partial charge is 0.0622 e. The molecule has 0 heterocycles. The van der Waals surface area contributed by atoms with E-state index in [4.69, 9.17) is 0 Å². The number of rotatable bonds is 2. The highest BCUT2D eigenvalue weighted by atomic mass is 14.2. The zero-order chi connectivity index (χ0) is 14.1. The molecule has 0 aromatic rings. The molecule has 4 aliphatic rings. The number of fused-ring (bicyclic) bond motifs is 2. The molecule has 0 bridgehead atoms. The van der Waals surface area contributed by atoms with Crippen LogP contribution in [0.25, 0.3) is 22.3 Å². The molecule has 21 heavy (non-hydrogen) atoms. The lowest BCUT2D eigenvalue weighted by Gasteiger charge is -2.03. The van der Waals surface area contributed by atoms with Crippen molar-refractivity contribution in [2.45, 2.75) is 6.42 Å². The average Bonchev–Trinajstić information content (AvgIpc) is 2.85. The van der Waals surface area contributed by atoms with Gasteiger partial charge in [-0.2, -0.15) is 0 Å². The summed E-state index contributed by atoms with van der Waals surface area (Å²) in [7, 11) is 0. The van der Waals surface area contributed by atoms with Gasteiger partial charge in [0.2, 0.25) is 0 Å². The quantitative estimate of drug-likeness (QED) is 0.451. The van der Waals surface area contributed by atoms with Gasteiger partial charge in [-0.25, -0.2) is 0 Å². The molecule has 0 N–H and O–H groups in total. The molecule has 0 saturated carbocycles. The summed E-state index contributed by atoms with van der Waals surface area (Å²) in [4.78, 5) is 0. The summed E-state index contributed by atoms with van der Waals surface area (Å²) in [5.74, 6) is 0. The summed E-state index contributed by atoms with van der Waals surface area (Å²) in [6, 6.07) is 30.4. The summed E-state index contributed by atoms with van der Waals surface area (Å²) in [6.45, 7) is 0. The van der Waals surface area contributed by atoms with Gasteiger partial charge in [-0.1, -0.05) is 84.9 Å². The van der Waals surface area contributed by atoms with Gasteiger partial charge in [0.05, 0.1) is 0 Å². The zero-order valence-electron chi connectivity index (χ0n) is 11.8. The monoisotopic (exact) mass is 268 g/mol. The second-order valence-corrected chi connectivity index (χ2v) is 5.45. The van der Waals surface area contributed by atoms with Crippen LogP contribution in [0.1, 0.15) is 11.1 Å². The molecule has 0 heteroatoms. The Morgan fingerprint density at radius 1 is 0.429 bits per heavy atom. The summed E-state index contributed by atoms with van der Waals surface area (Å²) in [6.07, 6.45) is 0.987. The van der Waals surface area contributed by atoms with E-state index in [-0.39, 0.29) is 0 Å². The Labute approximate surface area is 125 Å². The highest BCUT2D eigenvalue weighted by molar-refractivity contribution is 5.74. The van der Waals surface area contributed by atoms with E-state index >= 15 is 0 Å². The van der Waals surface area contributed by atoms with E-state index in [0.29, 0.717) is 0 Å². The van der Waals surface area contributed by atoms with E-state index < -0.39 is 0 Å². The van der Waals surface area contributed by atoms with E-state index in [0.717, 1.165) is 6.42 Å². The Morgan fingerprint density at radius 3 is 1.43 bits per heavy atom. The topological polar surface area (TPSA) is 0 Å². The minimum Gasteiger partial charge on any atom is -0.0622 e. The normalized spacial score (nSPS) is 11.0. The molecule has 0 radical (unpaired) electrons. The van der Waals surface area contributed by atoms with Gasteiger partial charge in [0, 0.05) is 0 Å². The minimum absolute atomic E-state index is 0.987. The van der Waals surface area contributed by atoms with Crippen LogP contribution < -0.4 is 0 Å². The summed E-state index contributed by atoms with van der Waals surface area (Å²) < 4.78 is 0. The molecule has 4 rings (SSSR count). The molecule has 0 nitrogen and oxygen atoms in total. The Balaban J connectivity index is 1.76. The van der Waals surface area contributed by atoms with Crippen molar-refractivity contribution in [1.82, 2.24) is 0 Å². The lowest BCUT2D eigenvalue weighted by molar-refractivity contribution is 1.23. The number of hydrogen-bond acceptors (Lipinski definition) is 0. The van der Waals surface area contributed by atoms with E-state index in [2.05, 4.69) is 84.9 Å². The molecule has 0 atom stereocenters. The Kier molecular flexibility index (Phi) is 2.93. The Morgan fingerprint density at radius 2 is 0.905 bits per heavy atom. The van der Waals surface area contributed by atoms with Gasteiger partial charge in [0.25, 0.3) is 0 Å². The smallest absolute Gasteiger partial charge is 0.00135 e. The second kappa shape index (κ2) is 5.06. The zero-order valence-corrected chi connectivity index (χ0v) is 11.8. The molecule has 0 unspecified atom stereocenters. The van der Waals surface area contributed by atoms with Crippen LogP contribution >= 0.6 is 0 Å². The molecular formula is C21H16.